The lowest BCUT2D eigenvalue weighted by atomic mass is 9.78. The van der Waals surface area contributed by atoms with Gasteiger partial charge in [-0.05, 0) is 75.6 Å². The topological polar surface area (TPSA) is 35.2 Å². The van der Waals surface area contributed by atoms with Crippen molar-refractivity contribution >= 4 is 0 Å². The van der Waals surface area contributed by atoms with Gasteiger partial charge in [-0.3, -0.25) is 0 Å². The van der Waals surface area contributed by atoms with Gasteiger partial charge in [0.15, 0.2) is 0 Å². The van der Waals surface area contributed by atoms with Crippen LogP contribution in [0, 0.1) is 5.41 Å². The van der Waals surface area contributed by atoms with Crippen molar-refractivity contribution in [2.24, 2.45) is 11.1 Å². The van der Waals surface area contributed by atoms with E-state index in [1.165, 1.54) is 50.5 Å². The van der Waals surface area contributed by atoms with E-state index in [2.05, 4.69) is 38.1 Å². The molecule has 1 aromatic rings. The number of benzene rings is 1. The van der Waals surface area contributed by atoms with Gasteiger partial charge in [0.25, 0.3) is 0 Å². The third-order valence-corrected chi connectivity index (χ3v) is 4.58. The van der Waals surface area contributed by atoms with E-state index >= 15 is 0 Å². The van der Waals surface area contributed by atoms with Crippen LogP contribution in [0.15, 0.2) is 24.3 Å². The lowest BCUT2D eigenvalue weighted by molar-refractivity contribution is 0.242. The summed E-state index contributed by atoms with van der Waals surface area (Å²) in [6.45, 7) is 4.95. The predicted octanol–water partition coefficient (Wildman–Crippen LogP) is 4.32. The Morgan fingerprint density at radius 1 is 1.10 bits per heavy atom. The van der Waals surface area contributed by atoms with Crippen LogP contribution in [0.5, 0.6) is 5.75 Å². The summed E-state index contributed by atoms with van der Waals surface area (Å²) in [6.07, 6.45) is 9.42. The number of hydrogen-bond acceptors (Lipinski definition) is 2. The maximum absolute atomic E-state index is 5.81. The first-order chi connectivity index (χ1) is 9.63. The van der Waals surface area contributed by atoms with E-state index < -0.39 is 0 Å². The first-order valence-corrected chi connectivity index (χ1v) is 8.09. The van der Waals surface area contributed by atoms with Crippen molar-refractivity contribution in [2.75, 3.05) is 6.54 Å². The highest BCUT2D eigenvalue weighted by Gasteiger charge is 2.32. The van der Waals surface area contributed by atoms with Crippen LogP contribution in [0.1, 0.15) is 57.9 Å². The second kappa shape index (κ2) is 7.12. The average Bonchev–Trinajstić information content (AvgIpc) is 2.87. The summed E-state index contributed by atoms with van der Waals surface area (Å²) in [7, 11) is 0. The van der Waals surface area contributed by atoms with Crippen molar-refractivity contribution in [2.45, 2.75) is 64.9 Å². The molecule has 1 aliphatic carbocycles. The van der Waals surface area contributed by atoms with E-state index in [1.807, 2.05) is 0 Å². The smallest absolute Gasteiger partial charge is 0.119 e. The van der Waals surface area contributed by atoms with Crippen molar-refractivity contribution in [3.05, 3.63) is 29.8 Å². The molecule has 0 atom stereocenters. The Morgan fingerprint density at radius 3 is 2.30 bits per heavy atom. The van der Waals surface area contributed by atoms with Crippen molar-refractivity contribution in [3.8, 4) is 5.75 Å². The van der Waals surface area contributed by atoms with Crippen LogP contribution in [0.3, 0.4) is 0 Å². The van der Waals surface area contributed by atoms with Crippen LogP contribution in [-0.4, -0.2) is 12.6 Å². The third kappa shape index (κ3) is 4.24. The molecule has 2 nitrogen and oxygen atoms in total. The molecule has 1 fully saturated rings. The Balaban J connectivity index is 1.89. The van der Waals surface area contributed by atoms with Gasteiger partial charge < -0.3 is 10.5 Å². The zero-order valence-electron chi connectivity index (χ0n) is 13.0. The Kier molecular flexibility index (Phi) is 5.47. The number of hydrogen-bond donors (Lipinski definition) is 1. The van der Waals surface area contributed by atoms with Crippen LogP contribution < -0.4 is 10.5 Å². The standard InChI is InChI=1S/C18H29NO/c1-15(2)20-17-7-5-16(6-8-17)9-12-18(13-14-19)10-3-4-11-18/h5-8,15H,3-4,9-14,19H2,1-2H3. The summed E-state index contributed by atoms with van der Waals surface area (Å²) < 4.78 is 5.69. The molecule has 0 aromatic heterocycles. The molecular formula is C18H29NO. The molecule has 2 heteroatoms. The SMILES string of the molecule is CC(C)Oc1ccc(CCC2(CCN)CCCC2)cc1. The molecule has 0 amide bonds. The van der Waals surface area contributed by atoms with Crippen molar-refractivity contribution < 1.29 is 4.74 Å². The fraction of sp³-hybridized carbons (Fsp3) is 0.667. The van der Waals surface area contributed by atoms with Gasteiger partial charge in [-0.2, -0.15) is 0 Å². The molecule has 0 unspecified atom stereocenters. The molecule has 0 bridgehead atoms. The summed E-state index contributed by atoms with van der Waals surface area (Å²) in [5.74, 6) is 0.973. The lowest BCUT2D eigenvalue weighted by Gasteiger charge is -2.28. The average molecular weight is 275 g/mol. The monoisotopic (exact) mass is 275 g/mol. The second-order valence-corrected chi connectivity index (χ2v) is 6.56. The summed E-state index contributed by atoms with van der Waals surface area (Å²) in [5, 5.41) is 0. The van der Waals surface area contributed by atoms with Crippen LogP contribution >= 0.6 is 0 Å². The summed E-state index contributed by atoms with van der Waals surface area (Å²) in [6, 6.07) is 8.62. The van der Waals surface area contributed by atoms with E-state index in [-0.39, 0.29) is 6.10 Å². The van der Waals surface area contributed by atoms with E-state index in [4.69, 9.17) is 10.5 Å². The molecule has 2 rings (SSSR count). The molecule has 0 spiro atoms. The Labute approximate surface area is 123 Å². The van der Waals surface area contributed by atoms with E-state index in [9.17, 15) is 0 Å². The molecule has 112 valence electrons. The molecule has 0 radical (unpaired) electrons. The third-order valence-electron chi connectivity index (χ3n) is 4.58. The van der Waals surface area contributed by atoms with Crippen molar-refractivity contribution in [1.29, 1.82) is 0 Å². The van der Waals surface area contributed by atoms with Gasteiger partial charge in [-0.1, -0.05) is 25.0 Å². The lowest BCUT2D eigenvalue weighted by Crippen LogP contribution is -2.21. The number of aryl methyl sites for hydroxylation is 1. The maximum atomic E-state index is 5.81. The summed E-state index contributed by atoms with van der Waals surface area (Å²) >= 11 is 0. The largest absolute Gasteiger partial charge is 0.491 e. The highest BCUT2D eigenvalue weighted by Crippen LogP contribution is 2.44. The van der Waals surface area contributed by atoms with Crippen LogP contribution in [-0.2, 0) is 6.42 Å². The Hall–Kier alpha value is -1.02. The molecule has 0 aliphatic heterocycles. The number of nitrogens with two attached hydrogens (primary N) is 1. The first-order valence-electron chi connectivity index (χ1n) is 8.09. The Morgan fingerprint density at radius 2 is 1.75 bits per heavy atom. The highest BCUT2D eigenvalue weighted by atomic mass is 16.5. The second-order valence-electron chi connectivity index (χ2n) is 6.56. The molecular weight excluding hydrogens is 246 g/mol. The number of rotatable bonds is 7. The fourth-order valence-electron chi connectivity index (χ4n) is 3.47. The molecule has 1 aromatic carbocycles. The van der Waals surface area contributed by atoms with Crippen LogP contribution in [0.4, 0.5) is 0 Å². The fourth-order valence-corrected chi connectivity index (χ4v) is 3.47. The van der Waals surface area contributed by atoms with Crippen LogP contribution in [0.25, 0.3) is 0 Å². The normalized spacial score (nSPS) is 17.6. The number of ether oxygens (including phenoxy) is 1. The first kappa shape index (κ1) is 15.4. The van der Waals surface area contributed by atoms with E-state index in [1.54, 1.807) is 0 Å². The zero-order valence-corrected chi connectivity index (χ0v) is 13.0. The van der Waals surface area contributed by atoms with Gasteiger partial charge in [0.05, 0.1) is 6.10 Å². The van der Waals surface area contributed by atoms with Crippen molar-refractivity contribution in [3.63, 3.8) is 0 Å². The van der Waals surface area contributed by atoms with E-state index in [0.717, 1.165) is 12.3 Å². The van der Waals surface area contributed by atoms with E-state index in [0.29, 0.717) is 5.41 Å². The van der Waals surface area contributed by atoms with Gasteiger partial charge >= 0.3 is 0 Å². The summed E-state index contributed by atoms with van der Waals surface area (Å²) in [4.78, 5) is 0. The highest BCUT2D eigenvalue weighted by molar-refractivity contribution is 5.27. The van der Waals surface area contributed by atoms with Gasteiger partial charge in [-0.25, -0.2) is 0 Å². The van der Waals surface area contributed by atoms with Gasteiger partial charge in [0.2, 0.25) is 0 Å². The minimum Gasteiger partial charge on any atom is -0.491 e. The Bertz CT molecular complexity index is 390. The zero-order chi connectivity index (χ0) is 14.4. The summed E-state index contributed by atoms with van der Waals surface area (Å²) in [5.41, 5.74) is 7.76. The molecule has 1 aliphatic rings. The molecule has 1 saturated carbocycles. The molecule has 0 heterocycles. The van der Waals surface area contributed by atoms with Gasteiger partial charge in [0, 0.05) is 0 Å². The molecule has 0 saturated heterocycles. The predicted molar refractivity (Wildman–Crippen MR) is 85.1 cm³/mol. The molecule has 20 heavy (non-hydrogen) atoms. The van der Waals surface area contributed by atoms with Crippen LogP contribution in [0.2, 0.25) is 0 Å². The minimum atomic E-state index is 0.243. The molecule has 2 N–H and O–H groups in total. The van der Waals surface area contributed by atoms with Crippen molar-refractivity contribution in [1.82, 2.24) is 0 Å². The van der Waals surface area contributed by atoms with Gasteiger partial charge in [-0.15, -0.1) is 0 Å². The minimum absolute atomic E-state index is 0.243. The van der Waals surface area contributed by atoms with Gasteiger partial charge in [0.1, 0.15) is 5.75 Å². The quantitative estimate of drug-likeness (QED) is 0.804. The maximum Gasteiger partial charge on any atom is 0.119 e.